The molecule has 2 atom stereocenters. The Hall–Kier alpha value is -2.02. The predicted molar refractivity (Wildman–Crippen MR) is 113 cm³/mol. The third-order valence-electron chi connectivity index (χ3n) is 6.21. The Morgan fingerprint density at radius 2 is 1.86 bits per heavy atom. The average molecular weight is 404 g/mol. The number of anilines is 1. The number of fused-ring (bicyclic) bond motifs is 1. The fourth-order valence-electron chi connectivity index (χ4n) is 4.34. The van der Waals surface area contributed by atoms with Crippen molar-refractivity contribution < 1.29 is 14.3 Å². The summed E-state index contributed by atoms with van der Waals surface area (Å²) < 4.78 is 10.7. The first-order chi connectivity index (χ1) is 13.6. The van der Waals surface area contributed by atoms with Crippen molar-refractivity contribution in [3.63, 3.8) is 0 Å². The number of nitrogens with one attached hydrogen (secondary N) is 2. The van der Waals surface area contributed by atoms with E-state index in [0.29, 0.717) is 17.7 Å². The number of carbonyl (C=O) groups excluding carboxylic acids is 1. The van der Waals surface area contributed by atoms with Crippen LogP contribution in [0, 0.1) is 11.8 Å². The maximum absolute atomic E-state index is 12.7. The fraction of sp³-hybridized carbons (Fsp3) is 0.619. The third-order valence-corrected chi connectivity index (χ3v) is 6.59. The van der Waals surface area contributed by atoms with Crippen LogP contribution in [0.25, 0.3) is 0 Å². The molecule has 0 aromatic heterocycles. The van der Waals surface area contributed by atoms with Gasteiger partial charge in [-0.15, -0.1) is 0 Å². The third kappa shape index (κ3) is 4.35. The Morgan fingerprint density at radius 3 is 2.64 bits per heavy atom. The van der Waals surface area contributed by atoms with E-state index in [-0.39, 0.29) is 18.6 Å². The van der Waals surface area contributed by atoms with Crippen LogP contribution in [0.5, 0.6) is 11.5 Å². The van der Waals surface area contributed by atoms with Crippen molar-refractivity contribution in [2.45, 2.75) is 51.5 Å². The minimum atomic E-state index is 0.0121. The molecule has 4 rings (SSSR count). The van der Waals surface area contributed by atoms with Crippen molar-refractivity contribution in [3.05, 3.63) is 18.2 Å². The van der Waals surface area contributed by atoms with Gasteiger partial charge in [0.05, 0.1) is 0 Å². The Kier molecular flexibility index (Phi) is 5.90. The molecule has 1 saturated heterocycles. The van der Waals surface area contributed by atoms with E-state index in [2.05, 4.69) is 22.5 Å². The van der Waals surface area contributed by atoms with Gasteiger partial charge in [0.25, 0.3) is 0 Å². The summed E-state index contributed by atoms with van der Waals surface area (Å²) in [5.74, 6) is 2.16. The summed E-state index contributed by atoms with van der Waals surface area (Å²) in [5.41, 5.74) is 0.750. The molecule has 2 fully saturated rings. The van der Waals surface area contributed by atoms with Gasteiger partial charge >= 0.3 is 0 Å². The smallest absolute Gasteiger partial charge is 0.231 e. The topological polar surface area (TPSA) is 62.8 Å². The molecule has 0 bridgehead atoms. The standard InChI is InChI=1S/C21H29N3O3S/c1-14-4-2-3-5-17(14)23-21(28)24-10-8-15(9-11-24)20(25)22-16-6-7-18-19(12-16)27-13-26-18/h6-7,12,14-15,17H,2-5,8-11,13H2,1H3,(H,22,25)(H,23,28)/t14-,17-/m0/s1. The molecule has 7 heteroatoms. The van der Waals surface area contributed by atoms with Crippen LogP contribution in [-0.2, 0) is 4.79 Å². The molecule has 28 heavy (non-hydrogen) atoms. The maximum Gasteiger partial charge on any atom is 0.231 e. The number of hydrogen-bond acceptors (Lipinski definition) is 4. The minimum absolute atomic E-state index is 0.0121. The number of ether oxygens (including phenoxy) is 2. The zero-order chi connectivity index (χ0) is 19.5. The fourth-order valence-corrected chi connectivity index (χ4v) is 4.68. The van der Waals surface area contributed by atoms with Crippen molar-refractivity contribution in [2.75, 3.05) is 25.2 Å². The van der Waals surface area contributed by atoms with E-state index >= 15 is 0 Å². The summed E-state index contributed by atoms with van der Waals surface area (Å²) in [7, 11) is 0. The molecule has 0 radical (unpaired) electrons. The average Bonchev–Trinajstić information content (AvgIpc) is 3.17. The van der Waals surface area contributed by atoms with Crippen LogP contribution in [0.3, 0.4) is 0 Å². The molecule has 0 unspecified atom stereocenters. The van der Waals surface area contributed by atoms with Gasteiger partial charge in [-0.25, -0.2) is 0 Å². The van der Waals surface area contributed by atoms with E-state index in [1.165, 1.54) is 25.7 Å². The second kappa shape index (κ2) is 8.55. The lowest BCUT2D eigenvalue weighted by molar-refractivity contribution is -0.121. The minimum Gasteiger partial charge on any atom is -0.454 e. The van der Waals surface area contributed by atoms with Gasteiger partial charge in [0.15, 0.2) is 16.6 Å². The zero-order valence-corrected chi connectivity index (χ0v) is 17.2. The van der Waals surface area contributed by atoms with E-state index in [1.807, 2.05) is 18.2 Å². The van der Waals surface area contributed by atoms with Crippen LogP contribution in [0.4, 0.5) is 5.69 Å². The molecule has 1 saturated carbocycles. The summed E-state index contributed by atoms with van der Waals surface area (Å²) in [6, 6.07) is 6.00. The Morgan fingerprint density at radius 1 is 1.11 bits per heavy atom. The van der Waals surface area contributed by atoms with E-state index in [4.69, 9.17) is 21.7 Å². The molecule has 2 N–H and O–H groups in total. The molecular formula is C21H29N3O3S. The largest absolute Gasteiger partial charge is 0.454 e. The number of piperidine rings is 1. The van der Waals surface area contributed by atoms with Crippen molar-refractivity contribution >= 4 is 28.9 Å². The molecule has 1 aliphatic carbocycles. The van der Waals surface area contributed by atoms with Crippen LogP contribution >= 0.6 is 12.2 Å². The molecule has 2 heterocycles. The van der Waals surface area contributed by atoms with E-state index in [1.54, 1.807) is 0 Å². The van der Waals surface area contributed by atoms with Gasteiger partial charge < -0.3 is 25.0 Å². The first kappa shape index (κ1) is 19.3. The summed E-state index contributed by atoms with van der Waals surface area (Å²) >= 11 is 5.65. The molecule has 1 aromatic carbocycles. The number of thiocarbonyl (C=S) groups is 1. The molecule has 2 aliphatic heterocycles. The highest BCUT2D eigenvalue weighted by Gasteiger charge is 2.28. The molecule has 1 aromatic rings. The lowest BCUT2D eigenvalue weighted by Crippen LogP contribution is -2.50. The first-order valence-electron chi connectivity index (χ1n) is 10.4. The second-order valence-corrected chi connectivity index (χ2v) is 8.52. The van der Waals surface area contributed by atoms with Crippen molar-refractivity contribution in [1.82, 2.24) is 10.2 Å². The van der Waals surface area contributed by atoms with Crippen LogP contribution in [0.1, 0.15) is 45.4 Å². The Balaban J connectivity index is 1.25. The number of rotatable bonds is 3. The van der Waals surface area contributed by atoms with Gasteiger partial charge in [0.2, 0.25) is 12.7 Å². The van der Waals surface area contributed by atoms with Crippen molar-refractivity contribution in [1.29, 1.82) is 0 Å². The van der Waals surface area contributed by atoms with E-state index in [0.717, 1.165) is 42.5 Å². The van der Waals surface area contributed by atoms with Crippen LogP contribution < -0.4 is 20.1 Å². The predicted octanol–water partition coefficient (Wildman–Crippen LogP) is 3.52. The van der Waals surface area contributed by atoms with Gasteiger partial charge in [-0.3, -0.25) is 4.79 Å². The Labute approximate surface area is 171 Å². The lowest BCUT2D eigenvalue weighted by Gasteiger charge is -2.37. The quantitative estimate of drug-likeness (QED) is 0.753. The first-order valence-corrected chi connectivity index (χ1v) is 10.8. The summed E-state index contributed by atoms with van der Waals surface area (Å²) in [4.78, 5) is 14.9. The lowest BCUT2D eigenvalue weighted by atomic mass is 9.86. The second-order valence-electron chi connectivity index (χ2n) is 8.14. The molecule has 0 spiro atoms. The normalized spacial score (nSPS) is 24.7. The summed E-state index contributed by atoms with van der Waals surface area (Å²) in [6.07, 6.45) is 6.73. The highest BCUT2D eigenvalue weighted by molar-refractivity contribution is 7.80. The van der Waals surface area contributed by atoms with Gasteiger partial charge in [-0.1, -0.05) is 19.8 Å². The van der Waals surface area contributed by atoms with E-state index < -0.39 is 0 Å². The van der Waals surface area contributed by atoms with Crippen LogP contribution in [0.2, 0.25) is 0 Å². The number of nitrogens with zero attached hydrogens (tertiary/aromatic N) is 1. The number of likely N-dealkylation sites (tertiary alicyclic amines) is 1. The number of amides is 1. The highest BCUT2D eigenvalue weighted by Crippen LogP contribution is 2.34. The molecule has 6 nitrogen and oxygen atoms in total. The van der Waals surface area contributed by atoms with Gasteiger partial charge in [0.1, 0.15) is 0 Å². The molecule has 3 aliphatic rings. The number of benzene rings is 1. The van der Waals surface area contributed by atoms with E-state index in [9.17, 15) is 4.79 Å². The number of carbonyl (C=O) groups is 1. The highest BCUT2D eigenvalue weighted by atomic mass is 32.1. The van der Waals surface area contributed by atoms with Crippen LogP contribution in [-0.4, -0.2) is 41.8 Å². The SMILES string of the molecule is C[C@H]1CCCC[C@@H]1NC(=S)N1CCC(C(=O)Nc2ccc3c(c2)OCO3)CC1. The van der Waals surface area contributed by atoms with Gasteiger partial charge in [0, 0.05) is 36.8 Å². The molecule has 152 valence electrons. The van der Waals surface area contributed by atoms with Crippen molar-refractivity contribution in [3.8, 4) is 11.5 Å². The van der Waals surface area contributed by atoms with Crippen molar-refractivity contribution in [2.24, 2.45) is 11.8 Å². The van der Waals surface area contributed by atoms with Gasteiger partial charge in [-0.2, -0.15) is 0 Å². The van der Waals surface area contributed by atoms with Crippen LogP contribution in [0.15, 0.2) is 18.2 Å². The summed E-state index contributed by atoms with van der Waals surface area (Å²) in [6.45, 7) is 4.20. The zero-order valence-electron chi connectivity index (χ0n) is 16.4. The molecular weight excluding hydrogens is 374 g/mol. The van der Waals surface area contributed by atoms with Gasteiger partial charge in [-0.05, 0) is 56.0 Å². The monoisotopic (exact) mass is 403 g/mol. The Bertz CT molecular complexity index is 734. The maximum atomic E-state index is 12.7. The number of hydrogen-bond donors (Lipinski definition) is 2. The molecule has 1 amide bonds. The summed E-state index contributed by atoms with van der Waals surface area (Å²) in [5, 5.41) is 7.45.